The second-order valence-corrected chi connectivity index (χ2v) is 3.64. The SMILES string of the molecule is CC(=O)Oc1ccc(O)c(-c2ccccc2)c1. The number of ether oxygens (including phenoxy) is 1. The summed E-state index contributed by atoms with van der Waals surface area (Å²) in [7, 11) is 0. The van der Waals surface area contributed by atoms with E-state index in [1.165, 1.54) is 13.0 Å². The van der Waals surface area contributed by atoms with Gasteiger partial charge in [-0.05, 0) is 23.8 Å². The van der Waals surface area contributed by atoms with Crippen LogP contribution in [-0.2, 0) is 4.79 Å². The van der Waals surface area contributed by atoms with Crippen LogP contribution in [0.3, 0.4) is 0 Å². The van der Waals surface area contributed by atoms with Crippen molar-refractivity contribution in [1.82, 2.24) is 0 Å². The van der Waals surface area contributed by atoms with Gasteiger partial charge in [0.25, 0.3) is 0 Å². The minimum absolute atomic E-state index is 0.159. The predicted molar refractivity (Wildman–Crippen MR) is 64.9 cm³/mol. The summed E-state index contributed by atoms with van der Waals surface area (Å²) >= 11 is 0. The number of benzene rings is 2. The number of phenolic OH excluding ortho intramolecular Hbond substituents is 1. The molecule has 0 radical (unpaired) electrons. The summed E-state index contributed by atoms with van der Waals surface area (Å²) in [4.78, 5) is 10.9. The number of carbonyl (C=O) groups is 1. The predicted octanol–water partition coefficient (Wildman–Crippen LogP) is 2.98. The van der Waals surface area contributed by atoms with Crippen molar-refractivity contribution in [2.45, 2.75) is 6.92 Å². The van der Waals surface area contributed by atoms with Crippen molar-refractivity contribution in [2.75, 3.05) is 0 Å². The number of hydrogen-bond acceptors (Lipinski definition) is 3. The summed E-state index contributed by atoms with van der Waals surface area (Å²) in [6, 6.07) is 14.1. The van der Waals surface area contributed by atoms with Gasteiger partial charge in [-0.25, -0.2) is 0 Å². The van der Waals surface area contributed by atoms with Gasteiger partial charge in [0.2, 0.25) is 0 Å². The molecule has 0 aliphatic heterocycles. The average Bonchev–Trinajstić information content (AvgIpc) is 2.32. The highest BCUT2D eigenvalue weighted by molar-refractivity contribution is 5.74. The molecule has 0 heterocycles. The Morgan fingerprint density at radius 2 is 1.82 bits per heavy atom. The molecule has 3 nitrogen and oxygen atoms in total. The molecule has 0 spiro atoms. The van der Waals surface area contributed by atoms with Gasteiger partial charge in [-0.15, -0.1) is 0 Å². The lowest BCUT2D eigenvalue weighted by Gasteiger charge is -2.07. The molecule has 0 bridgehead atoms. The number of hydrogen-bond donors (Lipinski definition) is 1. The Hall–Kier alpha value is -2.29. The third kappa shape index (κ3) is 2.64. The van der Waals surface area contributed by atoms with Gasteiger partial charge in [0.15, 0.2) is 0 Å². The Morgan fingerprint density at radius 3 is 2.47 bits per heavy atom. The van der Waals surface area contributed by atoms with Crippen LogP contribution < -0.4 is 4.74 Å². The lowest BCUT2D eigenvalue weighted by atomic mass is 10.0. The fourth-order valence-electron chi connectivity index (χ4n) is 1.59. The van der Waals surface area contributed by atoms with E-state index in [1.54, 1.807) is 12.1 Å². The molecule has 0 aliphatic rings. The number of carbonyl (C=O) groups excluding carboxylic acids is 1. The lowest BCUT2D eigenvalue weighted by Crippen LogP contribution is -2.01. The second kappa shape index (κ2) is 4.70. The quantitative estimate of drug-likeness (QED) is 0.635. The van der Waals surface area contributed by atoms with Crippen LogP contribution in [0.1, 0.15) is 6.92 Å². The first-order valence-electron chi connectivity index (χ1n) is 5.23. The van der Waals surface area contributed by atoms with Gasteiger partial charge in [-0.2, -0.15) is 0 Å². The van der Waals surface area contributed by atoms with Gasteiger partial charge in [-0.3, -0.25) is 4.79 Å². The Labute approximate surface area is 99.3 Å². The normalized spacial score (nSPS) is 9.94. The number of esters is 1. The maximum atomic E-state index is 10.9. The first kappa shape index (κ1) is 11.2. The van der Waals surface area contributed by atoms with E-state index >= 15 is 0 Å². The van der Waals surface area contributed by atoms with Crippen molar-refractivity contribution in [1.29, 1.82) is 0 Å². The largest absolute Gasteiger partial charge is 0.507 e. The fourth-order valence-corrected chi connectivity index (χ4v) is 1.59. The van der Waals surface area contributed by atoms with Crippen LogP contribution in [0.5, 0.6) is 11.5 Å². The summed E-state index contributed by atoms with van der Waals surface area (Å²) in [5.74, 6) is 0.205. The summed E-state index contributed by atoms with van der Waals surface area (Å²) in [6.07, 6.45) is 0. The van der Waals surface area contributed by atoms with Crippen molar-refractivity contribution in [3.63, 3.8) is 0 Å². The van der Waals surface area contributed by atoms with Crippen LogP contribution in [0.2, 0.25) is 0 Å². The van der Waals surface area contributed by atoms with Crippen molar-refractivity contribution >= 4 is 5.97 Å². The smallest absolute Gasteiger partial charge is 0.308 e. The maximum Gasteiger partial charge on any atom is 0.308 e. The monoisotopic (exact) mass is 228 g/mol. The van der Waals surface area contributed by atoms with Crippen LogP contribution >= 0.6 is 0 Å². The summed E-state index contributed by atoms with van der Waals surface area (Å²) in [5, 5.41) is 9.78. The maximum absolute atomic E-state index is 10.9. The van der Waals surface area contributed by atoms with E-state index < -0.39 is 0 Å². The van der Waals surface area contributed by atoms with Crippen LogP contribution in [0.4, 0.5) is 0 Å². The molecule has 0 fully saturated rings. The van der Waals surface area contributed by atoms with Crippen LogP contribution in [0.15, 0.2) is 48.5 Å². The topological polar surface area (TPSA) is 46.5 Å². The Morgan fingerprint density at radius 1 is 1.12 bits per heavy atom. The van der Waals surface area contributed by atoms with Gasteiger partial charge >= 0.3 is 5.97 Å². The van der Waals surface area contributed by atoms with E-state index in [-0.39, 0.29) is 11.7 Å². The van der Waals surface area contributed by atoms with Crippen molar-refractivity contribution in [3.8, 4) is 22.6 Å². The molecule has 1 N–H and O–H groups in total. The molecule has 0 atom stereocenters. The lowest BCUT2D eigenvalue weighted by molar-refractivity contribution is -0.131. The molecule has 86 valence electrons. The van der Waals surface area contributed by atoms with E-state index in [9.17, 15) is 9.90 Å². The van der Waals surface area contributed by atoms with E-state index in [0.717, 1.165) is 5.56 Å². The molecular weight excluding hydrogens is 216 g/mol. The van der Waals surface area contributed by atoms with E-state index in [2.05, 4.69) is 0 Å². The fraction of sp³-hybridized carbons (Fsp3) is 0.0714. The number of rotatable bonds is 2. The van der Waals surface area contributed by atoms with Crippen molar-refractivity contribution < 1.29 is 14.6 Å². The Bertz CT molecular complexity index is 532. The van der Waals surface area contributed by atoms with Gasteiger partial charge in [-0.1, -0.05) is 30.3 Å². The van der Waals surface area contributed by atoms with Gasteiger partial charge in [0, 0.05) is 12.5 Å². The number of aromatic hydroxyl groups is 1. The van der Waals surface area contributed by atoms with E-state index in [1.807, 2.05) is 30.3 Å². The third-order valence-corrected chi connectivity index (χ3v) is 2.31. The first-order chi connectivity index (χ1) is 8.16. The minimum Gasteiger partial charge on any atom is -0.507 e. The molecule has 2 rings (SSSR count). The molecule has 17 heavy (non-hydrogen) atoms. The second-order valence-electron chi connectivity index (χ2n) is 3.64. The van der Waals surface area contributed by atoms with Gasteiger partial charge in [0.05, 0.1) is 0 Å². The molecule has 2 aromatic carbocycles. The summed E-state index contributed by atoms with van der Waals surface area (Å²) < 4.78 is 4.98. The average molecular weight is 228 g/mol. The summed E-state index contributed by atoms with van der Waals surface area (Å²) in [5.41, 5.74) is 1.52. The van der Waals surface area contributed by atoms with Crippen LogP contribution in [-0.4, -0.2) is 11.1 Å². The van der Waals surface area contributed by atoms with Crippen LogP contribution in [0, 0.1) is 0 Å². The molecule has 3 heteroatoms. The zero-order chi connectivity index (χ0) is 12.3. The molecule has 0 aromatic heterocycles. The molecule has 0 unspecified atom stereocenters. The molecule has 0 aliphatic carbocycles. The van der Waals surface area contributed by atoms with E-state index in [0.29, 0.717) is 11.3 Å². The molecule has 2 aromatic rings. The first-order valence-corrected chi connectivity index (χ1v) is 5.23. The molecular formula is C14H12O3. The summed E-state index contributed by atoms with van der Waals surface area (Å²) in [6.45, 7) is 1.34. The van der Waals surface area contributed by atoms with Gasteiger partial charge in [0.1, 0.15) is 11.5 Å². The van der Waals surface area contributed by atoms with Gasteiger partial charge < -0.3 is 9.84 Å². The Kier molecular flexibility index (Phi) is 3.10. The van der Waals surface area contributed by atoms with Crippen LogP contribution in [0.25, 0.3) is 11.1 Å². The van der Waals surface area contributed by atoms with Crippen molar-refractivity contribution in [2.24, 2.45) is 0 Å². The zero-order valence-electron chi connectivity index (χ0n) is 9.38. The van der Waals surface area contributed by atoms with Crippen molar-refractivity contribution in [3.05, 3.63) is 48.5 Å². The van der Waals surface area contributed by atoms with E-state index in [4.69, 9.17) is 4.74 Å². The highest BCUT2D eigenvalue weighted by atomic mass is 16.5. The highest BCUT2D eigenvalue weighted by Crippen LogP contribution is 2.32. The number of phenols is 1. The molecule has 0 saturated carbocycles. The minimum atomic E-state index is -0.380. The molecule has 0 saturated heterocycles. The molecule has 0 amide bonds. The Balaban J connectivity index is 2.43. The standard InChI is InChI=1S/C14H12O3/c1-10(15)17-12-7-8-14(16)13(9-12)11-5-3-2-4-6-11/h2-9,16H,1H3. The highest BCUT2D eigenvalue weighted by Gasteiger charge is 2.07. The third-order valence-electron chi connectivity index (χ3n) is 2.31. The zero-order valence-corrected chi connectivity index (χ0v) is 9.38.